The van der Waals surface area contributed by atoms with Crippen LogP contribution in [0.3, 0.4) is 0 Å². The van der Waals surface area contributed by atoms with Gasteiger partial charge in [-0.05, 0) is 19.3 Å². The van der Waals surface area contributed by atoms with Gasteiger partial charge in [0.05, 0.1) is 0 Å². The van der Waals surface area contributed by atoms with Crippen LogP contribution in [0.15, 0.2) is 0 Å². The number of carbonyl (C=O) groups is 3. The Hall–Kier alpha value is -1.59. The van der Waals surface area contributed by atoms with E-state index in [-0.39, 0.29) is 31.1 Å². The molecule has 0 aromatic rings. The van der Waals surface area contributed by atoms with E-state index in [0.29, 0.717) is 19.3 Å². The zero-order valence-electron chi connectivity index (χ0n) is 45.7. The Morgan fingerprint density at radius 1 is 0.239 bits per heavy atom. The Morgan fingerprint density at radius 2 is 0.403 bits per heavy atom. The van der Waals surface area contributed by atoms with Crippen molar-refractivity contribution in [3.63, 3.8) is 0 Å². The molecule has 6 nitrogen and oxygen atoms in total. The van der Waals surface area contributed by atoms with E-state index in [9.17, 15) is 14.4 Å². The standard InChI is InChI=1S/C61H118O6/c1-4-7-10-13-16-19-22-25-27-28-29-30-31-32-34-37-40-43-46-49-52-55-61(64)67-58(56-65-59(62)53-50-47-44-41-38-35-24-21-18-15-12-9-6-3)57-66-60(63)54-51-48-45-42-39-36-33-26-23-20-17-14-11-8-5-2/h58H,4-57H2,1-3H3/t58-/m0/s1. The molecule has 398 valence electrons. The quantitative estimate of drug-likeness (QED) is 0.0343. The topological polar surface area (TPSA) is 78.9 Å². The molecule has 0 aliphatic rings. The second-order valence-electron chi connectivity index (χ2n) is 21.0. The Bertz CT molecular complexity index is 998. The first-order valence-corrected chi connectivity index (χ1v) is 30.5. The summed E-state index contributed by atoms with van der Waals surface area (Å²) in [5, 5.41) is 0. The van der Waals surface area contributed by atoms with Gasteiger partial charge in [-0.2, -0.15) is 0 Å². The van der Waals surface area contributed by atoms with Gasteiger partial charge in [0.1, 0.15) is 13.2 Å². The number of ether oxygens (including phenoxy) is 3. The largest absolute Gasteiger partial charge is 0.462 e. The van der Waals surface area contributed by atoms with Crippen LogP contribution in [0.5, 0.6) is 0 Å². The third-order valence-corrected chi connectivity index (χ3v) is 14.1. The summed E-state index contributed by atoms with van der Waals surface area (Å²) < 4.78 is 16.9. The van der Waals surface area contributed by atoms with Crippen molar-refractivity contribution in [3.8, 4) is 0 Å². The number of esters is 3. The third kappa shape index (κ3) is 55.2. The lowest BCUT2D eigenvalue weighted by Gasteiger charge is -2.18. The third-order valence-electron chi connectivity index (χ3n) is 14.1. The fraction of sp³-hybridized carbons (Fsp3) is 0.951. The molecule has 0 heterocycles. The molecule has 1 atom stereocenters. The molecule has 0 rings (SSSR count). The lowest BCUT2D eigenvalue weighted by molar-refractivity contribution is -0.167. The average molecular weight is 948 g/mol. The van der Waals surface area contributed by atoms with Crippen LogP contribution in [-0.2, 0) is 28.6 Å². The molecule has 6 heteroatoms. The summed E-state index contributed by atoms with van der Waals surface area (Å²) in [5.41, 5.74) is 0. The molecule has 0 aromatic heterocycles. The van der Waals surface area contributed by atoms with Crippen LogP contribution >= 0.6 is 0 Å². The Balaban J connectivity index is 4.25. The highest BCUT2D eigenvalue weighted by molar-refractivity contribution is 5.71. The van der Waals surface area contributed by atoms with Crippen molar-refractivity contribution in [2.24, 2.45) is 0 Å². The van der Waals surface area contributed by atoms with E-state index in [4.69, 9.17) is 14.2 Å². The van der Waals surface area contributed by atoms with Crippen molar-refractivity contribution in [1.29, 1.82) is 0 Å². The Morgan fingerprint density at radius 3 is 0.597 bits per heavy atom. The van der Waals surface area contributed by atoms with Crippen LogP contribution in [0.25, 0.3) is 0 Å². The molecular formula is C61H118O6. The highest BCUT2D eigenvalue weighted by Gasteiger charge is 2.19. The molecule has 0 amide bonds. The minimum atomic E-state index is -0.761. The van der Waals surface area contributed by atoms with Crippen molar-refractivity contribution in [3.05, 3.63) is 0 Å². The number of hydrogen-bond acceptors (Lipinski definition) is 6. The second kappa shape index (κ2) is 57.0. The molecule has 0 radical (unpaired) electrons. The van der Waals surface area contributed by atoms with E-state index in [1.807, 2.05) is 0 Å². The van der Waals surface area contributed by atoms with E-state index < -0.39 is 6.10 Å². The van der Waals surface area contributed by atoms with Crippen LogP contribution < -0.4 is 0 Å². The maximum atomic E-state index is 12.9. The van der Waals surface area contributed by atoms with Crippen LogP contribution in [0.4, 0.5) is 0 Å². The summed E-state index contributed by atoms with van der Waals surface area (Å²) in [6.45, 7) is 6.72. The van der Waals surface area contributed by atoms with Crippen molar-refractivity contribution in [2.75, 3.05) is 13.2 Å². The monoisotopic (exact) mass is 947 g/mol. The first-order chi connectivity index (χ1) is 33.0. The average Bonchev–Trinajstić information content (AvgIpc) is 3.33. The van der Waals surface area contributed by atoms with Gasteiger partial charge in [0.25, 0.3) is 0 Å². The van der Waals surface area contributed by atoms with Crippen LogP contribution in [-0.4, -0.2) is 37.2 Å². The highest BCUT2D eigenvalue weighted by atomic mass is 16.6. The zero-order chi connectivity index (χ0) is 48.6. The van der Waals surface area contributed by atoms with E-state index >= 15 is 0 Å². The number of rotatable bonds is 57. The maximum Gasteiger partial charge on any atom is 0.306 e. The van der Waals surface area contributed by atoms with E-state index in [1.54, 1.807) is 0 Å². The van der Waals surface area contributed by atoms with Crippen molar-refractivity contribution < 1.29 is 28.6 Å². The molecule has 0 fully saturated rings. The molecule has 0 bridgehead atoms. The molecule has 0 spiro atoms. The van der Waals surface area contributed by atoms with Gasteiger partial charge in [-0.1, -0.05) is 316 Å². The predicted octanol–water partition coefficient (Wildman–Crippen LogP) is 20.3. The van der Waals surface area contributed by atoms with Gasteiger partial charge < -0.3 is 14.2 Å². The van der Waals surface area contributed by atoms with Crippen molar-refractivity contribution in [1.82, 2.24) is 0 Å². The normalized spacial score (nSPS) is 11.9. The molecule has 0 saturated heterocycles. The first kappa shape index (κ1) is 65.4. The summed E-state index contributed by atoms with van der Waals surface area (Å²) in [4.78, 5) is 38.2. The van der Waals surface area contributed by atoms with Crippen LogP contribution in [0.2, 0.25) is 0 Å². The minimum absolute atomic E-state index is 0.0609. The van der Waals surface area contributed by atoms with E-state index in [1.165, 1.54) is 257 Å². The smallest absolute Gasteiger partial charge is 0.306 e. The van der Waals surface area contributed by atoms with Crippen molar-refractivity contribution >= 4 is 17.9 Å². The van der Waals surface area contributed by atoms with Crippen LogP contribution in [0.1, 0.15) is 355 Å². The zero-order valence-corrected chi connectivity index (χ0v) is 45.7. The number of unbranched alkanes of at least 4 members (excludes halogenated alkanes) is 46. The molecule has 0 aliphatic carbocycles. The summed E-state index contributed by atoms with van der Waals surface area (Å²) in [6.07, 6.45) is 63.9. The molecule has 0 unspecified atom stereocenters. The number of hydrogen-bond donors (Lipinski definition) is 0. The number of carbonyl (C=O) groups excluding carboxylic acids is 3. The molecule has 0 N–H and O–H groups in total. The molecule has 67 heavy (non-hydrogen) atoms. The first-order valence-electron chi connectivity index (χ1n) is 30.5. The lowest BCUT2D eigenvalue weighted by atomic mass is 10.0. The summed E-state index contributed by atoms with van der Waals surface area (Å²) >= 11 is 0. The van der Waals surface area contributed by atoms with Gasteiger partial charge in [-0.3, -0.25) is 14.4 Å². The van der Waals surface area contributed by atoms with Crippen LogP contribution in [0, 0.1) is 0 Å². The summed E-state index contributed by atoms with van der Waals surface area (Å²) in [6, 6.07) is 0. The second-order valence-corrected chi connectivity index (χ2v) is 21.0. The van der Waals surface area contributed by atoms with Gasteiger partial charge in [-0.15, -0.1) is 0 Å². The Labute approximate surface area is 418 Å². The maximum absolute atomic E-state index is 12.9. The molecule has 0 aromatic carbocycles. The van der Waals surface area contributed by atoms with Gasteiger partial charge in [0.15, 0.2) is 6.10 Å². The molecule has 0 aliphatic heterocycles. The van der Waals surface area contributed by atoms with Crippen molar-refractivity contribution in [2.45, 2.75) is 361 Å². The van der Waals surface area contributed by atoms with E-state index in [2.05, 4.69) is 20.8 Å². The fourth-order valence-corrected chi connectivity index (χ4v) is 9.51. The van der Waals surface area contributed by atoms with Gasteiger partial charge in [0.2, 0.25) is 0 Å². The Kier molecular flexibility index (Phi) is 55.6. The predicted molar refractivity (Wildman–Crippen MR) is 289 cm³/mol. The van der Waals surface area contributed by atoms with Gasteiger partial charge in [-0.25, -0.2) is 0 Å². The summed E-state index contributed by atoms with van der Waals surface area (Å²) in [7, 11) is 0. The minimum Gasteiger partial charge on any atom is -0.462 e. The van der Waals surface area contributed by atoms with Gasteiger partial charge in [0, 0.05) is 19.3 Å². The molecular weight excluding hydrogens is 829 g/mol. The summed E-state index contributed by atoms with van der Waals surface area (Å²) in [5.74, 6) is -0.829. The van der Waals surface area contributed by atoms with E-state index in [0.717, 1.165) is 57.8 Å². The lowest BCUT2D eigenvalue weighted by Crippen LogP contribution is -2.30. The van der Waals surface area contributed by atoms with Gasteiger partial charge >= 0.3 is 17.9 Å². The SMILES string of the molecule is CCCCCCCCCCCCCCCCCCCCCCCC(=O)O[C@@H](COC(=O)CCCCCCCCCCCCCCC)COC(=O)CCCCCCCCCCCCCCCCC. The highest BCUT2D eigenvalue weighted by Crippen LogP contribution is 2.18. The molecule has 0 saturated carbocycles. The fourth-order valence-electron chi connectivity index (χ4n) is 9.51.